The molecule has 0 fully saturated rings. The Bertz CT molecular complexity index is 927. The Morgan fingerprint density at radius 3 is 2.32 bits per heavy atom. The zero-order chi connectivity index (χ0) is 18.2. The van der Waals surface area contributed by atoms with Crippen LogP contribution in [0.2, 0.25) is 0 Å². The van der Waals surface area contributed by atoms with Crippen LogP contribution in [0.3, 0.4) is 0 Å². The van der Waals surface area contributed by atoms with Crippen molar-refractivity contribution in [3.8, 4) is 16.9 Å². The number of carboxylic acids is 1. The lowest BCUT2D eigenvalue weighted by atomic mass is 10.0. The van der Waals surface area contributed by atoms with Gasteiger partial charge in [-0.1, -0.05) is 18.2 Å². The molecule has 0 spiro atoms. The Morgan fingerprint density at radius 2 is 1.76 bits per heavy atom. The molecular formula is C18H14F3NO3. The summed E-state index contributed by atoms with van der Waals surface area (Å²) in [6.45, 7) is 2.55. The van der Waals surface area contributed by atoms with Gasteiger partial charge < -0.3 is 14.4 Å². The lowest BCUT2D eigenvalue weighted by Gasteiger charge is -2.09. The fraction of sp³-hybridized carbons (Fsp3) is 0.167. The molecule has 0 saturated carbocycles. The molecule has 0 aliphatic heterocycles. The lowest BCUT2D eigenvalue weighted by molar-refractivity contribution is -0.274. The zero-order valence-corrected chi connectivity index (χ0v) is 13.2. The number of halogens is 3. The highest BCUT2D eigenvalue weighted by molar-refractivity contribution is 6.04. The highest BCUT2D eigenvalue weighted by Crippen LogP contribution is 2.30. The monoisotopic (exact) mass is 349 g/mol. The molecular weight excluding hydrogens is 335 g/mol. The fourth-order valence-corrected chi connectivity index (χ4v) is 2.76. The predicted octanol–water partition coefficient (Wildman–Crippen LogP) is 4.93. The summed E-state index contributed by atoms with van der Waals surface area (Å²) in [5.41, 5.74) is 2.36. The van der Waals surface area contributed by atoms with Gasteiger partial charge in [0.2, 0.25) is 0 Å². The van der Waals surface area contributed by atoms with Crippen LogP contribution in [0.25, 0.3) is 22.0 Å². The van der Waals surface area contributed by atoms with Crippen molar-refractivity contribution >= 4 is 16.9 Å². The van der Waals surface area contributed by atoms with Gasteiger partial charge in [0.05, 0.1) is 5.56 Å². The first kappa shape index (κ1) is 16.9. The largest absolute Gasteiger partial charge is 0.573 e. The molecule has 7 heteroatoms. The summed E-state index contributed by atoms with van der Waals surface area (Å²) in [5, 5.41) is 9.95. The van der Waals surface area contributed by atoms with Gasteiger partial charge in [0.25, 0.3) is 0 Å². The minimum absolute atomic E-state index is 0.190. The maximum absolute atomic E-state index is 12.2. The molecule has 0 unspecified atom stereocenters. The molecule has 1 N–H and O–H groups in total. The first-order valence-corrected chi connectivity index (χ1v) is 7.51. The van der Waals surface area contributed by atoms with E-state index >= 15 is 0 Å². The van der Waals surface area contributed by atoms with Gasteiger partial charge in [0, 0.05) is 23.6 Å². The number of aromatic carboxylic acids is 1. The standard InChI is InChI=1S/C18H14F3NO3/c1-2-22-10-15(17(23)24)14-9-12(5-8-16(14)22)11-3-6-13(7-4-11)25-18(19,20)21/h3-10H,2H2,1H3,(H,23,24). The van der Waals surface area contributed by atoms with Gasteiger partial charge in [-0.3, -0.25) is 0 Å². The van der Waals surface area contributed by atoms with E-state index in [4.69, 9.17) is 0 Å². The van der Waals surface area contributed by atoms with E-state index in [1.165, 1.54) is 24.3 Å². The van der Waals surface area contributed by atoms with Gasteiger partial charge in [-0.2, -0.15) is 0 Å². The van der Waals surface area contributed by atoms with Gasteiger partial charge in [-0.15, -0.1) is 13.2 Å². The third-order valence-electron chi connectivity index (χ3n) is 3.87. The SMILES string of the molecule is CCn1cc(C(=O)O)c2cc(-c3ccc(OC(F)(F)F)cc3)ccc21. The second kappa shape index (κ2) is 6.16. The summed E-state index contributed by atoms with van der Waals surface area (Å²) >= 11 is 0. The van der Waals surface area contributed by atoms with Crippen molar-refractivity contribution in [2.45, 2.75) is 19.8 Å². The number of hydrogen-bond acceptors (Lipinski definition) is 2. The Balaban J connectivity index is 2.01. The number of carbonyl (C=O) groups is 1. The van der Waals surface area contributed by atoms with Crippen LogP contribution >= 0.6 is 0 Å². The third-order valence-corrected chi connectivity index (χ3v) is 3.87. The van der Waals surface area contributed by atoms with Crippen molar-refractivity contribution < 1.29 is 27.8 Å². The molecule has 3 aromatic rings. The summed E-state index contributed by atoms with van der Waals surface area (Å²) in [7, 11) is 0. The maximum atomic E-state index is 12.2. The topological polar surface area (TPSA) is 51.5 Å². The number of nitrogens with zero attached hydrogens (tertiary/aromatic N) is 1. The first-order chi connectivity index (χ1) is 11.8. The quantitative estimate of drug-likeness (QED) is 0.727. The average Bonchev–Trinajstić information content (AvgIpc) is 2.92. The molecule has 0 atom stereocenters. The van der Waals surface area contributed by atoms with Crippen molar-refractivity contribution in [2.75, 3.05) is 0 Å². The van der Waals surface area contributed by atoms with E-state index in [0.717, 1.165) is 5.52 Å². The molecule has 0 bridgehead atoms. The van der Waals surface area contributed by atoms with Gasteiger partial charge >= 0.3 is 12.3 Å². The van der Waals surface area contributed by atoms with Crippen LogP contribution in [0.4, 0.5) is 13.2 Å². The molecule has 2 aromatic carbocycles. The maximum Gasteiger partial charge on any atom is 0.573 e. The minimum atomic E-state index is -4.74. The first-order valence-electron chi connectivity index (χ1n) is 7.51. The van der Waals surface area contributed by atoms with E-state index in [-0.39, 0.29) is 11.3 Å². The summed E-state index contributed by atoms with van der Waals surface area (Å²) in [4.78, 5) is 11.4. The third kappa shape index (κ3) is 3.45. The Hall–Kier alpha value is -2.96. The Morgan fingerprint density at radius 1 is 1.12 bits per heavy atom. The number of ether oxygens (including phenoxy) is 1. The van der Waals surface area contributed by atoms with Crippen LogP contribution in [0.5, 0.6) is 5.75 Å². The molecule has 130 valence electrons. The summed E-state index contributed by atoms with van der Waals surface area (Å²) in [6.07, 6.45) is -3.16. The molecule has 0 aliphatic rings. The molecule has 0 radical (unpaired) electrons. The second-order valence-corrected chi connectivity index (χ2v) is 5.44. The van der Waals surface area contributed by atoms with E-state index in [1.54, 1.807) is 24.4 Å². The summed E-state index contributed by atoms with van der Waals surface area (Å²) in [5.74, 6) is -1.33. The molecule has 1 aromatic heterocycles. The average molecular weight is 349 g/mol. The van der Waals surface area contributed by atoms with E-state index < -0.39 is 12.3 Å². The van der Waals surface area contributed by atoms with E-state index in [9.17, 15) is 23.1 Å². The lowest BCUT2D eigenvalue weighted by Crippen LogP contribution is -2.16. The van der Waals surface area contributed by atoms with Crippen LogP contribution in [-0.4, -0.2) is 22.0 Å². The van der Waals surface area contributed by atoms with Gasteiger partial charge in [-0.25, -0.2) is 4.79 Å². The molecule has 3 rings (SSSR count). The van der Waals surface area contributed by atoms with Crippen LogP contribution in [0.15, 0.2) is 48.7 Å². The smallest absolute Gasteiger partial charge is 0.478 e. The van der Waals surface area contributed by atoms with Gasteiger partial charge in [0.15, 0.2) is 0 Å². The van der Waals surface area contributed by atoms with Crippen LogP contribution < -0.4 is 4.74 Å². The zero-order valence-electron chi connectivity index (χ0n) is 13.2. The number of benzene rings is 2. The van der Waals surface area contributed by atoms with Gasteiger partial charge in [-0.05, 0) is 42.3 Å². The fourth-order valence-electron chi connectivity index (χ4n) is 2.76. The second-order valence-electron chi connectivity index (χ2n) is 5.44. The Kier molecular flexibility index (Phi) is 4.16. The van der Waals surface area contributed by atoms with Crippen molar-refractivity contribution in [1.29, 1.82) is 0 Å². The molecule has 25 heavy (non-hydrogen) atoms. The van der Waals surface area contributed by atoms with Crippen molar-refractivity contribution in [1.82, 2.24) is 4.57 Å². The number of aryl methyl sites for hydroxylation is 1. The summed E-state index contributed by atoms with van der Waals surface area (Å²) in [6, 6.07) is 10.8. The normalized spacial score (nSPS) is 11.7. The van der Waals surface area contributed by atoms with E-state index in [0.29, 0.717) is 23.1 Å². The summed E-state index contributed by atoms with van der Waals surface area (Å²) < 4.78 is 42.3. The van der Waals surface area contributed by atoms with Crippen LogP contribution in [0, 0.1) is 0 Å². The van der Waals surface area contributed by atoms with Crippen LogP contribution in [-0.2, 0) is 6.54 Å². The van der Waals surface area contributed by atoms with E-state index in [1.807, 2.05) is 11.5 Å². The number of aromatic nitrogens is 1. The van der Waals surface area contributed by atoms with E-state index in [2.05, 4.69) is 4.74 Å². The van der Waals surface area contributed by atoms with Crippen molar-refractivity contribution in [3.05, 3.63) is 54.2 Å². The molecule has 0 aliphatic carbocycles. The number of carboxylic acid groups (broad SMARTS) is 1. The predicted molar refractivity (Wildman–Crippen MR) is 86.7 cm³/mol. The molecule has 1 heterocycles. The highest BCUT2D eigenvalue weighted by Gasteiger charge is 2.30. The minimum Gasteiger partial charge on any atom is -0.478 e. The number of alkyl halides is 3. The molecule has 0 saturated heterocycles. The number of fused-ring (bicyclic) bond motifs is 1. The molecule has 0 amide bonds. The van der Waals surface area contributed by atoms with Crippen LogP contribution in [0.1, 0.15) is 17.3 Å². The Labute approximate surface area is 141 Å². The van der Waals surface area contributed by atoms with Crippen molar-refractivity contribution in [2.24, 2.45) is 0 Å². The number of rotatable bonds is 4. The van der Waals surface area contributed by atoms with Gasteiger partial charge in [0.1, 0.15) is 5.75 Å². The number of hydrogen-bond donors (Lipinski definition) is 1. The van der Waals surface area contributed by atoms with Crippen molar-refractivity contribution in [3.63, 3.8) is 0 Å². The molecule has 4 nitrogen and oxygen atoms in total. The highest BCUT2D eigenvalue weighted by atomic mass is 19.4.